The predicted molar refractivity (Wildman–Crippen MR) is 98.3 cm³/mol. The van der Waals surface area contributed by atoms with E-state index in [1.807, 2.05) is 10.7 Å². The van der Waals surface area contributed by atoms with Gasteiger partial charge in [-0.2, -0.15) is 5.10 Å². The smallest absolute Gasteiger partial charge is 0.267 e. The third-order valence-electron chi connectivity index (χ3n) is 4.63. The van der Waals surface area contributed by atoms with Gasteiger partial charge >= 0.3 is 0 Å². The molecule has 0 unspecified atom stereocenters. The molecule has 2 heterocycles. The molecular weight excluding hydrogens is 406 g/mol. The van der Waals surface area contributed by atoms with Crippen LogP contribution in [0.25, 0.3) is 10.9 Å². The molecule has 3 aromatic rings. The number of carbonyl (C=O) groups is 2. The summed E-state index contributed by atoms with van der Waals surface area (Å²) in [5.41, 5.74) is 1.61. The molecule has 0 spiro atoms. The highest BCUT2D eigenvalue weighted by molar-refractivity contribution is 9.10. The molecule has 124 valence electrons. The molecule has 0 N–H and O–H groups in total. The topological polar surface area (TPSA) is 55.2 Å². The Kier molecular flexibility index (Phi) is 3.12. The van der Waals surface area contributed by atoms with E-state index in [1.165, 1.54) is 0 Å². The summed E-state index contributed by atoms with van der Waals surface area (Å²) >= 11 is 9.98. The molecular formula is C18H11BrClN3O2. The maximum atomic E-state index is 12.8. The highest BCUT2D eigenvalue weighted by Crippen LogP contribution is 2.44. The van der Waals surface area contributed by atoms with Crippen molar-refractivity contribution < 1.29 is 9.59 Å². The first kappa shape index (κ1) is 15.1. The maximum absolute atomic E-state index is 12.8. The molecule has 1 aromatic heterocycles. The van der Waals surface area contributed by atoms with Crippen LogP contribution in [0.15, 0.2) is 40.9 Å². The molecule has 5 rings (SSSR count). The molecule has 1 aliphatic carbocycles. The van der Waals surface area contributed by atoms with Crippen molar-refractivity contribution in [1.29, 1.82) is 0 Å². The lowest BCUT2D eigenvalue weighted by Gasteiger charge is -2.11. The lowest BCUT2D eigenvalue weighted by atomic mass is 10.1. The Hall–Kier alpha value is -2.18. The van der Waals surface area contributed by atoms with Crippen LogP contribution in [0.4, 0.5) is 5.82 Å². The van der Waals surface area contributed by atoms with E-state index in [2.05, 4.69) is 21.0 Å². The maximum Gasteiger partial charge on any atom is 0.267 e. The fourth-order valence-corrected chi connectivity index (χ4v) is 4.05. The molecule has 1 fully saturated rings. The minimum Gasteiger partial charge on any atom is -0.268 e. The predicted octanol–water partition coefficient (Wildman–Crippen LogP) is 4.59. The van der Waals surface area contributed by atoms with Crippen LogP contribution in [0.3, 0.4) is 0 Å². The summed E-state index contributed by atoms with van der Waals surface area (Å²) in [4.78, 5) is 26.8. The average molecular weight is 417 g/mol. The van der Waals surface area contributed by atoms with Crippen molar-refractivity contribution >= 4 is 56.1 Å². The van der Waals surface area contributed by atoms with Gasteiger partial charge in [0.15, 0.2) is 5.82 Å². The summed E-state index contributed by atoms with van der Waals surface area (Å²) in [6.45, 7) is 0. The number of aromatic nitrogens is 2. The Labute approximate surface area is 156 Å². The summed E-state index contributed by atoms with van der Waals surface area (Å²) in [5, 5.41) is 5.72. The number of anilines is 1. The van der Waals surface area contributed by atoms with Gasteiger partial charge in [-0.05, 0) is 53.0 Å². The fraction of sp³-hybridized carbons (Fsp3) is 0.167. The molecule has 0 atom stereocenters. The number of benzene rings is 2. The van der Waals surface area contributed by atoms with Crippen LogP contribution in [0.5, 0.6) is 0 Å². The molecule has 7 heteroatoms. The van der Waals surface area contributed by atoms with Gasteiger partial charge in [0.05, 0.1) is 33.1 Å². The molecule has 2 aliphatic rings. The SMILES string of the molecule is O=C1c2ccccc2C(=O)N1c1nn(C2CC2)c2c(Br)ccc(Cl)c12. The molecule has 25 heavy (non-hydrogen) atoms. The van der Waals surface area contributed by atoms with Crippen LogP contribution in [0.1, 0.15) is 39.6 Å². The van der Waals surface area contributed by atoms with E-state index in [4.69, 9.17) is 11.6 Å². The second-order valence-corrected chi connectivity index (χ2v) is 7.51. The molecule has 0 radical (unpaired) electrons. The second-order valence-electron chi connectivity index (χ2n) is 6.24. The summed E-state index contributed by atoms with van der Waals surface area (Å²) in [7, 11) is 0. The number of halogens is 2. The summed E-state index contributed by atoms with van der Waals surface area (Å²) in [5.74, 6) is -0.419. The monoisotopic (exact) mass is 415 g/mol. The molecule has 2 aromatic carbocycles. The van der Waals surface area contributed by atoms with Gasteiger partial charge in [0.2, 0.25) is 0 Å². The van der Waals surface area contributed by atoms with Crippen LogP contribution in [0.2, 0.25) is 5.02 Å². The van der Waals surface area contributed by atoms with Crippen LogP contribution < -0.4 is 4.90 Å². The van der Waals surface area contributed by atoms with Crippen molar-refractivity contribution in [2.24, 2.45) is 0 Å². The van der Waals surface area contributed by atoms with Crippen molar-refractivity contribution in [2.45, 2.75) is 18.9 Å². The summed E-state index contributed by atoms with van der Waals surface area (Å²) < 4.78 is 2.72. The summed E-state index contributed by atoms with van der Waals surface area (Å²) in [6.07, 6.45) is 2.05. The highest BCUT2D eigenvalue weighted by atomic mass is 79.9. The number of carbonyl (C=O) groups excluding carboxylic acids is 2. The quantitative estimate of drug-likeness (QED) is 0.574. The first-order chi connectivity index (χ1) is 12.1. The zero-order chi connectivity index (χ0) is 17.3. The molecule has 0 bridgehead atoms. The lowest BCUT2D eigenvalue weighted by Crippen LogP contribution is -2.30. The van der Waals surface area contributed by atoms with Crippen molar-refractivity contribution in [3.05, 3.63) is 57.0 Å². The Morgan fingerprint density at radius 1 is 1.04 bits per heavy atom. The Balaban J connectivity index is 1.79. The van der Waals surface area contributed by atoms with Gasteiger partial charge in [0, 0.05) is 4.47 Å². The highest BCUT2D eigenvalue weighted by Gasteiger charge is 2.40. The number of hydrogen-bond acceptors (Lipinski definition) is 3. The molecule has 1 aliphatic heterocycles. The second kappa shape index (κ2) is 5.16. The third kappa shape index (κ3) is 2.04. The normalized spacial score (nSPS) is 16.8. The van der Waals surface area contributed by atoms with Crippen LogP contribution >= 0.6 is 27.5 Å². The van der Waals surface area contributed by atoms with Crippen LogP contribution in [-0.2, 0) is 0 Å². The van der Waals surface area contributed by atoms with Crippen molar-refractivity contribution in [2.75, 3.05) is 4.90 Å². The number of hydrogen-bond donors (Lipinski definition) is 0. The number of fused-ring (bicyclic) bond motifs is 2. The minimum absolute atomic E-state index is 0.279. The largest absolute Gasteiger partial charge is 0.268 e. The van der Waals surface area contributed by atoms with Gasteiger partial charge in [-0.1, -0.05) is 23.7 Å². The Bertz CT molecular complexity index is 1050. The van der Waals surface area contributed by atoms with Crippen LogP contribution in [0, 0.1) is 0 Å². The van der Waals surface area contributed by atoms with Gasteiger partial charge in [-0.25, -0.2) is 4.90 Å². The van der Waals surface area contributed by atoms with Gasteiger partial charge in [-0.15, -0.1) is 0 Å². The standard InChI is InChI=1S/C18H11BrClN3O2/c19-12-7-8-13(20)14-15(12)23(9-5-6-9)21-16(14)22-17(24)10-3-1-2-4-11(10)18(22)25/h1-4,7-9H,5-6H2. The fourth-order valence-electron chi connectivity index (χ4n) is 3.30. The number of amides is 2. The van der Waals surface area contributed by atoms with Crippen LogP contribution in [-0.4, -0.2) is 21.6 Å². The van der Waals surface area contributed by atoms with Gasteiger partial charge in [-0.3, -0.25) is 14.3 Å². The Morgan fingerprint density at radius 2 is 1.68 bits per heavy atom. The molecule has 5 nitrogen and oxygen atoms in total. The molecule has 2 amide bonds. The zero-order valence-corrected chi connectivity index (χ0v) is 15.2. The van der Waals surface area contributed by atoms with E-state index in [-0.39, 0.29) is 17.9 Å². The van der Waals surface area contributed by atoms with Crippen molar-refractivity contribution in [1.82, 2.24) is 9.78 Å². The lowest BCUT2D eigenvalue weighted by molar-refractivity contribution is 0.0925. The third-order valence-corrected chi connectivity index (χ3v) is 5.59. The Morgan fingerprint density at radius 3 is 2.28 bits per heavy atom. The average Bonchev–Trinajstić information content (AvgIpc) is 3.33. The number of nitrogens with zero attached hydrogens (tertiary/aromatic N) is 3. The molecule has 1 saturated carbocycles. The van der Waals surface area contributed by atoms with Crippen molar-refractivity contribution in [3.8, 4) is 0 Å². The first-order valence-electron chi connectivity index (χ1n) is 7.92. The van der Waals surface area contributed by atoms with Gasteiger partial charge < -0.3 is 0 Å². The summed E-state index contributed by atoms with van der Waals surface area (Å²) in [6, 6.07) is 10.7. The van der Waals surface area contributed by atoms with E-state index < -0.39 is 0 Å². The minimum atomic E-state index is -0.362. The number of rotatable bonds is 2. The van der Waals surface area contributed by atoms with Gasteiger partial charge in [0.25, 0.3) is 11.8 Å². The molecule has 0 saturated heterocycles. The van der Waals surface area contributed by atoms with Gasteiger partial charge in [0.1, 0.15) is 0 Å². The van der Waals surface area contributed by atoms with E-state index in [0.29, 0.717) is 27.4 Å². The first-order valence-corrected chi connectivity index (χ1v) is 9.09. The van der Waals surface area contributed by atoms with E-state index in [1.54, 1.807) is 30.3 Å². The van der Waals surface area contributed by atoms with E-state index in [0.717, 1.165) is 27.7 Å². The zero-order valence-electron chi connectivity index (χ0n) is 12.9. The van der Waals surface area contributed by atoms with Crippen molar-refractivity contribution in [3.63, 3.8) is 0 Å². The van der Waals surface area contributed by atoms with E-state index in [9.17, 15) is 9.59 Å². The number of imide groups is 1. The van der Waals surface area contributed by atoms with E-state index >= 15 is 0 Å².